The number of rotatable bonds is 6. The van der Waals surface area contributed by atoms with E-state index in [4.69, 9.17) is 4.42 Å². The molecule has 1 aromatic heterocycles. The maximum Gasteiger partial charge on any atom is 0.243 e. The number of sulfonamides is 1. The SMILES string of the molecule is CN=C(NCc1ccc(S(=O)(=O)N2CCCCC2)cc1)NCc1ncc(C(C)(C)C)o1. The Hall–Kier alpha value is -2.39. The second kappa shape index (κ2) is 9.82. The van der Waals surface area contributed by atoms with Gasteiger partial charge in [0.1, 0.15) is 5.76 Å². The molecule has 0 saturated carbocycles. The molecule has 0 radical (unpaired) electrons. The molecule has 1 aliphatic rings. The molecule has 1 fully saturated rings. The van der Waals surface area contributed by atoms with Gasteiger partial charge in [-0.15, -0.1) is 0 Å². The minimum atomic E-state index is -3.40. The summed E-state index contributed by atoms with van der Waals surface area (Å²) in [5.74, 6) is 2.05. The van der Waals surface area contributed by atoms with Crippen molar-refractivity contribution >= 4 is 16.0 Å². The molecule has 2 N–H and O–H groups in total. The van der Waals surface area contributed by atoms with Gasteiger partial charge in [0.25, 0.3) is 0 Å². The topological polar surface area (TPSA) is 99.8 Å². The first-order valence-corrected chi connectivity index (χ1v) is 12.1. The Bertz CT molecular complexity index is 985. The van der Waals surface area contributed by atoms with E-state index >= 15 is 0 Å². The van der Waals surface area contributed by atoms with Gasteiger partial charge in [-0.2, -0.15) is 4.31 Å². The summed E-state index contributed by atoms with van der Waals surface area (Å²) in [6, 6.07) is 7.03. The molecule has 1 aliphatic heterocycles. The minimum Gasteiger partial charge on any atom is -0.443 e. The quantitative estimate of drug-likeness (QED) is 0.522. The summed E-state index contributed by atoms with van der Waals surface area (Å²) in [7, 11) is -1.71. The molecule has 2 heterocycles. The van der Waals surface area contributed by atoms with E-state index in [0.717, 1.165) is 30.6 Å². The summed E-state index contributed by atoms with van der Waals surface area (Å²) < 4.78 is 32.9. The van der Waals surface area contributed by atoms with Gasteiger partial charge in [-0.05, 0) is 30.5 Å². The largest absolute Gasteiger partial charge is 0.443 e. The number of guanidine groups is 1. The van der Waals surface area contributed by atoms with Crippen LogP contribution in [0.2, 0.25) is 0 Å². The fourth-order valence-corrected chi connectivity index (χ4v) is 4.86. The number of hydrogen-bond donors (Lipinski definition) is 2. The summed E-state index contributed by atoms with van der Waals surface area (Å²) in [4.78, 5) is 8.87. The zero-order valence-corrected chi connectivity index (χ0v) is 19.6. The van der Waals surface area contributed by atoms with Crippen molar-refractivity contribution in [1.82, 2.24) is 19.9 Å². The number of aromatic nitrogens is 1. The van der Waals surface area contributed by atoms with Gasteiger partial charge in [-0.1, -0.05) is 39.3 Å². The van der Waals surface area contributed by atoms with Crippen molar-refractivity contribution in [2.24, 2.45) is 4.99 Å². The fraction of sp³-hybridized carbons (Fsp3) is 0.545. The molecule has 0 aliphatic carbocycles. The van der Waals surface area contributed by atoms with E-state index in [1.165, 1.54) is 0 Å². The monoisotopic (exact) mass is 447 g/mol. The number of nitrogens with one attached hydrogen (secondary N) is 2. The molecule has 0 amide bonds. The van der Waals surface area contributed by atoms with Crippen LogP contribution in [-0.2, 0) is 28.5 Å². The molecule has 170 valence electrons. The van der Waals surface area contributed by atoms with E-state index in [2.05, 4.69) is 41.4 Å². The van der Waals surface area contributed by atoms with Gasteiger partial charge in [0.05, 0.1) is 17.6 Å². The van der Waals surface area contributed by atoms with Crippen LogP contribution in [0.1, 0.15) is 57.2 Å². The van der Waals surface area contributed by atoms with Gasteiger partial charge in [0.2, 0.25) is 15.9 Å². The first-order valence-electron chi connectivity index (χ1n) is 10.7. The van der Waals surface area contributed by atoms with E-state index in [1.54, 1.807) is 29.7 Å². The molecule has 8 nitrogen and oxygen atoms in total. The van der Waals surface area contributed by atoms with Crippen molar-refractivity contribution in [3.05, 3.63) is 47.7 Å². The lowest BCUT2D eigenvalue weighted by Gasteiger charge is -2.25. The number of piperidine rings is 1. The predicted octanol–water partition coefficient (Wildman–Crippen LogP) is 3.01. The van der Waals surface area contributed by atoms with Crippen molar-refractivity contribution < 1.29 is 12.8 Å². The maximum atomic E-state index is 12.8. The normalized spacial score (nSPS) is 16.3. The highest BCUT2D eigenvalue weighted by atomic mass is 32.2. The smallest absolute Gasteiger partial charge is 0.243 e. The van der Waals surface area contributed by atoms with E-state index in [-0.39, 0.29) is 5.41 Å². The van der Waals surface area contributed by atoms with Gasteiger partial charge in [-0.3, -0.25) is 4.99 Å². The van der Waals surface area contributed by atoms with Crippen molar-refractivity contribution in [3.63, 3.8) is 0 Å². The highest BCUT2D eigenvalue weighted by Gasteiger charge is 2.25. The van der Waals surface area contributed by atoms with Gasteiger partial charge >= 0.3 is 0 Å². The minimum absolute atomic E-state index is 0.0845. The number of oxazole rings is 1. The average molecular weight is 448 g/mol. The van der Waals surface area contributed by atoms with Gasteiger partial charge in [0.15, 0.2) is 5.96 Å². The number of aliphatic imine (C=N–C) groups is 1. The zero-order valence-electron chi connectivity index (χ0n) is 18.8. The molecule has 2 aromatic rings. The molecule has 3 rings (SSSR count). The van der Waals surface area contributed by atoms with Crippen LogP contribution in [0.3, 0.4) is 0 Å². The summed E-state index contributed by atoms with van der Waals surface area (Å²) in [5, 5.41) is 6.40. The molecular formula is C22H33N5O3S. The number of benzene rings is 1. The predicted molar refractivity (Wildman–Crippen MR) is 121 cm³/mol. The Morgan fingerprint density at radius 2 is 1.74 bits per heavy atom. The van der Waals surface area contributed by atoms with Gasteiger partial charge < -0.3 is 15.1 Å². The van der Waals surface area contributed by atoms with Crippen molar-refractivity contribution in [3.8, 4) is 0 Å². The van der Waals surface area contributed by atoms with Crippen LogP contribution in [0.5, 0.6) is 0 Å². The van der Waals surface area contributed by atoms with Gasteiger partial charge in [-0.25, -0.2) is 13.4 Å². The second-order valence-corrected chi connectivity index (χ2v) is 10.7. The molecule has 0 bridgehead atoms. The molecule has 9 heteroatoms. The fourth-order valence-electron chi connectivity index (χ4n) is 3.34. The van der Waals surface area contributed by atoms with Crippen LogP contribution in [-0.4, -0.2) is 43.8 Å². The van der Waals surface area contributed by atoms with Crippen LogP contribution in [0.25, 0.3) is 0 Å². The Kier molecular flexibility index (Phi) is 7.38. The number of hydrogen-bond acceptors (Lipinski definition) is 5. The van der Waals surface area contributed by atoms with Crippen LogP contribution >= 0.6 is 0 Å². The highest BCUT2D eigenvalue weighted by Crippen LogP contribution is 2.23. The van der Waals surface area contributed by atoms with E-state index in [9.17, 15) is 8.42 Å². The molecule has 1 saturated heterocycles. The molecule has 0 atom stereocenters. The first-order chi connectivity index (χ1) is 14.7. The summed E-state index contributed by atoms with van der Waals surface area (Å²) in [6.45, 7) is 8.38. The molecule has 0 spiro atoms. The summed E-state index contributed by atoms with van der Waals surface area (Å²) in [5.41, 5.74) is 0.880. The van der Waals surface area contributed by atoms with Crippen LogP contribution in [0, 0.1) is 0 Å². The molecular weight excluding hydrogens is 414 g/mol. The van der Waals surface area contributed by atoms with Crippen LogP contribution < -0.4 is 10.6 Å². The molecule has 1 aromatic carbocycles. The lowest BCUT2D eigenvalue weighted by molar-refractivity contribution is 0.346. The maximum absolute atomic E-state index is 12.8. The average Bonchev–Trinajstić information content (AvgIpc) is 3.24. The van der Waals surface area contributed by atoms with E-state index < -0.39 is 10.0 Å². The van der Waals surface area contributed by atoms with E-state index in [0.29, 0.717) is 42.9 Å². The Balaban J connectivity index is 1.53. The zero-order chi connectivity index (χ0) is 22.5. The van der Waals surface area contributed by atoms with Gasteiger partial charge in [0, 0.05) is 32.1 Å². The summed E-state index contributed by atoms with van der Waals surface area (Å²) in [6.07, 6.45) is 4.71. The lowest BCUT2D eigenvalue weighted by atomic mass is 9.94. The second-order valence-electron chi connectivity index (χ2n) is 8.76. The van der Waals surface area contributed by atoms with Crippen molar-refractivity contribution in [1.29, 1.82) is 0 Å². The third-order valence-electron chi connectivity index (χ3n) is 5.26. The molecule has 0 unspecified atom stereocenters. The van der Waals surface area contributed by atoms with Crippen LogP contribution in [0.15, 0.2) is 44.8 Å². The molecule has 31 heavy (non-hydrogen) atoms. The Labute approximate surface area is 185 Å². The van der Waals surface area contributed by atoms with E-state index in [1.807, 2.05) is 12.1 Å². The van der Waals surface area contributed by atoms with Crippen molar-refractivity contribution in [2.45, 2.75) is 63.4 Å². The van der Waals surface area contributed by atoms with Crippen molar-refractivity contribution in [2.75, 3.05) is 20.1 Å². The summed E-state index contributed by atoms with van der Waals surface area (Å²) >= 11 is 0. The first kappa shape index (κ1) is 23.3. The third kappa shape index (κ3) is 6.07. The standard InChI is InChI=1S/C22H33N5O3S/c1-22(2,3)19-15-24-20(30-19)16-26-21(23-4)25-14-17-8-10-18(11-9-17)31(28,29)27-12-6-5-7-13-27/h8-11,15H,5-7,12-14,16H2,1-4H3,(H2,23,25,26). The Morgan fingerprint density at radius 3 is 2.32 bits per heavy atom. The highest BCUT2D eigenvalue weighted by molar-refractivity contribution is 7.89. The Morgan fingerprint density at radius 1 is 1.10 bits per heavy atom. The lowest BCUT2D eigenvalue weighted by Crippen LogP contribution is -2.36. The third-order valence-corrected chi connectivity index (χ3v) is 7.17. The van der Waals surface area contributed by atoms with Crippen LogP contribution in [0.4, 0.5) is 0 Å². The number of nitrogens with zero attached hydrogens (tertiary/aromatic N) is 3.